The van der Waals surface area contributed by atoms with Crippen LogP contribution >= 0.6 is 42.5 Å². The predicted molar refractivity (Wildman–Crippen MR) is 54.8 cm³/mol. The molecule has 0 aliphatic heterocycles. The van der Waals surface area contributed by atoms with Gasteiger partial charge in [-0.1, -0.05) is 0 Å². The summed E-state index contributed by atoms with van der Waals surface area (Å²) >= 11 is 5.47. The first kappa shape index (κ1) is 12.4. The van der Waals surface area contributed by atoms with Crippen LogP contribution in [0.25, 0.3) is 0 Å². The Labute approximate surface area is 99.9 Å². The third-order valence-electron chi connectivity index (χ3n) is 1.32. The van der Waals surface area contributed by atoms with Crippen LogP contribution in [0.2, 0.25) is 0 Å². The largest absolute Gasteiger partial charge is 0.265 e. The molecule has 8 heteroatoms. The van der Waals surface area contributed by atoms with Crippen molar-refractivity contribution < 1.29 is 17.2 Å². The van der Waals surface area contributed by atoms with Crippen molar-refractivity contribution in [3.05, 3.63) is 26.6 Å². The van der Waals surface area contributed by atoms with E-state index in [2.05, 4.69) is 31.9 Å². The van der Waals surface area contributed by atoms with Gasteiger partial charge in [-0.05, 0) is 31.9 Å². The van der Waals surface area contributed by atoms with E-state index in [9.17, 15) is 17.2 Å². The quantitative estimate of drug-likeness (QED) is 0.431. The van der Waals surface area contributed by atoms with Gasteiger partial charge in [-0.3, -0.25) is 0 Å². The highest BCUT2D eigenvalue weighted by Crippen LogP contribution is 2.35. The predicted octanol–water partition coefficient (Wildman–Crippen LogP) is 3.42. The van der Waals surface area contributed by atoms with Gasteiger partial charge < -0.3 is 0 Å². The van der Waals surface area contributed by atoms with Crippen LogP contribution < -0.4 is 0 Å². The molecule has 1 aromatic rings. The summed E-state index contributed by atoms with van der Waals surface area (Å²) in [7, 11) is 0.703. The molecule has 0 radical (unpaired) electrons. The van der Waals surface area contributed by atoms with Crippen LogP contribution in [0, 0.1) is 11.6 Å². The third-order valence-corrected chi connectivity index (χ3v) is 5.03. The second-order valence-electron chi connectivity index (χ2n) is 2.24. The van der Waals surface area contributed by atoms with Crippen LogP contribution in [-0.4, -0.2) is 8.42 Å². The summed E-state index contributed by atoms with van der Waals surface area (Å²) in [5.74, 6) is -2.16. The van der Waals surface area contributed by atoms with Gasteiger partial charge in [0.1, 0.15) is 16.5 Å². The van der Waals surface area contributed by atoms with Gasteiger partial charge in [0.2, 0.25) is 0 Å². The van der Waals surface area contributed by atoms with Crippen LogP contribution in [0.3, 0.4) is 0 Å². The lowest BCUT2D eigenvalue weighted by Gasteiger charge is -2.04. The molecule has 2 nitrogen and oxygen atoms in total. The average Bonchev–Trinajstić information content (AvgIpc) is 1.97. The molecule has 1 rings (SSSR count). The molecule has 0 spiro atoms. The van der Waals surface area contributed by atoms with Crippen molar-refractivity contribution in [2.75, 3.05) is 0 Å². The van der Waals surface area contributed by atoms with Crippen molar-refractivity contribution in [1.82, 2.24) is 0 Å². The Kier molecular flexibility index (Phi) is 3.56. The summed E-state index contributed by atoms with van der Waals surface area (Å²) in [4.78, 5) is -0.785. The van der Waals surface area contributed by atoms with Crippen LogP contribution in [0.4, 0.5) is 8.78 Å². The molecule has 0 amide bonds. The SMILES string of the molecule is O=S(=O)(Cl)c1c(F)cc(F)c(Br)c1Br. The van der Waals surface area contributed by atoms with E-state index < -0.39 is 25.6 Å². The van der Waals surface area contributed by atoms with Gasteiger partial charge in [-0.25, -0.2) is 17.2 Å². The van der Waals surface area contributed by atoms with Gasteiger partial charge in [0.25, 0.3) is 9.05 Å². The Morgan fingerprint density at radius 3 is 2.07 bits per heavy atom. The number of hydrogen-bond acceptors (Lipinski definition) is 2. The van der Waals surface area contributed by atoms with E-state index in [1.807, 2.05) is 0 Å². The van der Waals surface area contributed by atoms with Crippen LogP contribution in [-0.2, 0) is 9.05 Å². The highest BCUT2D eigenvalue weighted by Gasteiger charge is 2.24. The summed E-state index contributed by atoms with van der Waals surface area (Å²) in [5.41, 5.74) is 0. The van der Waals surface area contributed by atoms with Gasteiger partial charge in [-0.2, -0.15) is 0 Å². The lowest BCUT2D eigenvalue weighted by Crippen LogP contribution is -1.99. The molecule has 0 saturated heterocycles. The maximum absolute atomic E-state index is 13.0. The Morgan fingerprint density at radius 1 is 1.14 bits per heavy atom. The van der Waals surface area contributed by atoms with E-state index in [4.69, 9.17) is 10.7 Å². The van der Waals surface area contributed by atoms with Crippen molar-refractivity contribution in [3.63, 3.8) is 0 Å². The monoisotopic (exact) mass is 368 g/mol. The molecule has 0 aliphatic rings. The fraction of sp³-hybridized carbons (Fsp3) is 0. The molecule has 78 valence electrons. The lowest BCUT2D eigenvalue weighted by atomic mass is 10.3. The van der Waals surface area contributed by atoms with Crippen molar-refractivity contribution in [3.8, 4) is 0 Å². The number of benzene rings is 1. The fourth-order valence-electron chi connectivity index (χ4n) is 0.773. The Hall–Kier alpha value is 0.280. The maximum Gasteiger partial charge on any atom is 0.265 e. The number of rotatable bonds is 1. The third kappa shape index (κ3) is 2.26. The van der Waals surface area contributed by atoms with Crippen LogP contribution in [0.5, 0.6) is 0 Å². The first-order valence-corrected chi connectivity index (χ1v) is 6.92. The number of halogens is 5. The van der Waals surface area contributed by atoms with E-state index in [1.54, 1.807) is 0 Å². The van der Waals surface area contributed by atoms with E-state index in [-0.39, 0.29) is 8.95 Å². The zero-order valence-corrected chi connectivity index (χ0v) is 10.9. The van der Waals surface area contributed by atoms with Crippen molar-refractivity contribution in [2.45, 2.75) is 4.90 Å². The first-order chi connectivity index (χ1) is 6.25. The van der Waals surface area contributed by atoms with E-state index in [1.165, 1.54) is 0 Å². The van der Waals surface area contributed by atoms with Gasteiger partial charge in [0.05, 0.1) is 8.95 Å². The highest BCUT2D eigenvalue weighted by molar-refractivity contribution is 9.13. The van der Waals surface area contributed by atoms with Gasteiger partial charge in [-0.15, -0.1) is 0 Å². The lowest BCUT2D eigenvalue weighted by molar-refractivity contribution is 0.548. The average molecular weight is 370 g/mol. The van der Waals surface area contributed by atoms with E-state index >= 15 is 0 Å². The molecular formula is C6HBr2ClF2O2S. The minimum Gasteiger partial charge on any atom is -0.207 e. The highest BCUT2D eigenvalue weighted by atomic mass is 79.9. The Morgan fingerprint density at radius 2 is 1.64 bits per heavy atom. The summed E-state index contributed by atoms with van der Waals surface area (Å²) in [6, 6.07) is 0.435. The molecular weight excluding hydrogens is 369 g/mol. The normalized spacial score (nSPS) is 11.8. The molecule has 0 heterocycles. The van der Waals surface area contributed by atoms with Crippen LogP contribution in [0.15, 0.2) is 19.9 Å². The van der Waals surface area contributed by atoms with Gasteiger partial charge >= 0.3 is 0 Å². The molecule has 0 saturated carbocycles. The molecule has 0 aromatic heterocycles. The zero-order valence-electron chi connectivity index (χ0n) is 6.19. The van der Waals surface area contributed by atoms with E-state index in [0.29, 0.717) is 6.07 Å². The minimum atomic E-state index is -4.25. The molecule has 0 unspecified atom stereocenters. The maximum atomic E-state index is 13.0. The summed E-state index contributed by atoms with van der Waals surface area (Å²) in [6.45, 7) is 0. The first-order valence-electron chi connectivity index (χ1n) is 3.03. The molecule has 0 bridgehead atoms. The Balaban J connectivity index is 3.70. The summed E-state index contributed by atoms with van der Waals surface area (Å²) < 4.78 is 47.2. The molecule has 14 heavy (non-hydrogen) atoms. The molecule has 1 aromatic carbocycles. The summed E-state index contributed by atoms with van der Waals surface area (Å²) in [6.07, 6.45) is 0. The van der Waals surface area contributed by atoms with Gasteiger partial charge in [0, 0.05) is 16.7 Å². The van der Waals surface area contributed by atoms with Gasteiger partial charge in [0.15, 0.2) is 0 Å². The Bertz CT molecular complexity index is 489. The van der Waals surface area contributed by atoms with E-state index in [0.717, 1.165) is 0 Å². The minimum absolute atomic E-state index is 0.196. The fourth-order valence-corrected chi connectivity index (χ4v) is 3.58. The zero-order chi connectivity index (χ0) is 11.1. The topological polar surface area (TPSA) is 34.1 Å². The molecule has 0 N–H and O–H groups in total. The van der Waals surface area contributed by atoms with Crippen molar-refractivity contribution >= 4 is 51.6 Å². The molecule has 0 aliphatic carbocycles. The summed E-state index contributed by atoms with van der Waals surface area (Å²) in [5, 5.41) is 0. The smallest absolute Gasteiger partial charge is 0.207 e. The molecule has 0 atom stereocenters. The number of hydrogen-bond donors (Lipinski definition) is 0. The standard InChI is InChI=1S/C6HBr2ClF2O2S/c7-4-2(10)1-3(11)6(5(4)8)14(9,12)13/h1H. The van der Waals surface area contributed by atoms with Crippen molar-refractivity contribution in [1.29, 1.82) is 0 Å². The second-order valence-corrected chi connectivity index (χ2v) is 6.32. The second kappa shape index (κ2) is 4.03. The van der Waals surface area contributed by atoms with Crippen molar-refractivity contribution in [2.24, 2.45) is 0 Å². The molecule has 0 fully saturated rings. The van der Waals surface area contributed by atoms with Crippen LogP contribution in [0.1, 0.15) is 0 Å².